The first-order valence-corrected chi connectivity index (χ1v) is 10.9. The van der Waals surface area contributed by atoms with Crippen molar-refractivity contribution < 1.29 is 9.18 Å². The van der Waals surface area contributed by atoms with Gasteiger partial charge in [0.15, 0.2) is 0 Å². The molecule has 3 nitrogen and oxygen atoms in total. The Morgan fingerprint density at radius 1 is 1.17 bits per heavy atom. The fourth-order valence-corrected chi connectivity index (χ4v) is 6.37. The SMILES string of the molecule is C=CCCNCCC1(C)CC2CC(CF)(C1)C[C@@](C)(c1ccccc1)C2.NC=O. The van der Waals surface area contributed by atoms with Gasteiger partial charge in [0.2, 0.25) is 6.41 Å². The van der Waals surface area contributed by atoms with Crippen LogP contribution in [0.5, 0.6) is 0 Å². The lowest BCUT2D eigenvalue weighted by molar-refractivity contribution is -0.106. The molecule has 3 unspecified atom stereocenters. The van der Waals surface area contributed by atoms with E-state index in [-0.39, 0.29) is 29.3 Å². The van der Waals surface area contributed by atoms with Gasteiger partial charge in [-0.3, -0.25) is 9.18 Å². The quantitative estimate of drug-likeness (QED) is 0.359. The lowest BCUT2D eigenvalue weighted by atomic mass is 9.48. The fourth-order valence-electron chi connectivity index (χ4n) is 6.37. The van der Waals surface area contributed by atoms with Crippen LogP contribution in [0.25, 0.3) is 0 Å². The summed E-state index contributed by atoms with van der Waals surface area (Å²) in [5, 5.41) is 3.53. The number of benzene rings is 1. The van der Waals surface area contributed by atoms with Gasteiger partial charge in [-0.15, -0.1) is 6.58 Å². The van der Waals surface area contributed by atoms with Crippen LogP contribution >= 0.6 is 0 Å². The second-order valence-corrected chi connectivity index (χ2v) is 9.92. The highest BCUT2D eigenvalue weighted by Gasteiger charge is 2.53. The van der Waals surface area contributed by atoms with Crippen molar-refractivity contribution in [2.45, 2.75) is 64.2 Å². The van der Waals surface area contributed by atoms with Gasteiger partial charge in [-0.05, 0) is 80.3 Å². The molecule has 0 saturated heterocycles. The standard InChI is InChI=1S/C24H36FN.CH3NO/c1-4-5-12-26-13-11-22(2)14-20-15-23(3,21-9-7-6-8-10-21)18-24(16-20,17-22)19-25;2-1-3/h4,6-10,20,26H,1,5,11-19H2,2-3H3;1H,(H2,2,3)/t20?,22?,23-,24?;/m0./s1. The summed E-state index contributed by atoms with van der Waals surface area (Å²) < 4.78 is 14.4. The number of carbonyl (C=O) groups excluding carboxylic acids is 1. The summed E-state index contributed by atoms with van der Waals surface area (Å²) in [7, 11) is 0. The van der Waals surface area contributed by atoms with E-state index in [1.165, 1.54) is 18.4 Å². The van der Waals surface area contributed by atoms with E-state index in [2.05, 4.69) is 61.8 Å². The Bertz CT molecular complexity index is 651. The molecule has 3 rings (SSSR count). The van der Waals surface area contributed by atoms with Gasteiger partial charge in [0.25, 0.3) is 0 Å². The average molecular weight is 403 g/mol. The first-order chi connectivity index (χ1) is 13.8. The molecule has 2 saturated carbocycles. The van der Waals surface area contributed by atoms with Crippen LogP contribution in [0.1, 0.15) is 64.4 Å². The minimum Gasteiger partial charge on any atom is -0.372 e. The Morgan fingerprint density at radius 2 is 1.86 bits per heavy atom. The van der Waals surface area contributed by atoms with Crippen LogP contribution in [-0.2, 0) is 10.2 Å². The lowest BCUT2D eigenvalue weighted by Gasteiger charge is -2.57. The Hall–Kier alpha value is -1.68. The molecule has 0 aliphatic heterocycles. The summed E-state index contributed by atoms with van der Waals surface area (Å²) in [5.41, 5.74) is 5.84. The second-order valence-electron chi connectivity index (χ2n) is 9.92. The number of fused-ring (bicyclic) bond motifs is 2. The molecule has 0 aromatic heterocycles. The van der Waals surface area contributed by atoms with Gasteiger partial charge in [-0.2, -0.15) is 0 Å². The molecule has 3 N–H and O–H groups in total. The minimum atomic E-state index is -0.161. The predicted octanol–water partition coefficient (Wildman–Crippen LogP) is 5.16. The number of hydrogen-bond donors (Lipinski definition) is 2. The number of rotatable bonds is 8. The first kappa shape index (κ1) is 23.6. The lowest BCUT2D eigenvalue weighted by Crippen LogP contribution is -2.50. The van der Waals surface area contributed by atoms with Gasteiger partial charge in [-0.25, -0.2) is 0 Å². The van der Waals surface area contributed by atoms with Crippen LogP contribution in [0.2, 0.25) is 0 Å². The van der Waals surface area contributed by atoms with Crippen molar-refractivity contribution in [3.05, 3.63) is 48.6 Å². The zero-order valence-corrected chi connectivity index (χ0v) is 18.3. The largest absolute Gasteiger partial charge is 0.372 e. The third-order valence-corrected chi connectivity index (χ3v) is 6.99. The molecule has 0 spiro atoms. The zero-order valence-electron chi connectivity index (χ0n) is 18.3. The molecule has 2 aliphatic carbocycles. The molecule has 4 atom stereocenters. The van der Waals surface area contributed by atoms with Crippen molar-refractivity contribution in [2.75, 3.05) is 19.8 Å². The molecule has 2 aliphatic rings. The monoisotopic (exact) mass is 402 g/mol. The molecule has 29 heavy (non-hydrogen) atoms. The molecule has 2 bridgehead atoms. The number of carbonyl (C=O) groups is 1. The van der Waals surface area contributed by atoms with E-state index in [0.29, 0.717) is 5.92 Å². The van der Waals surface area contributed by atoms with Gasteiger partial charge in [0.1, 0.15) is 0 Å². The van der Waals surface area contributed by atoms with Crippen LogP contribution in [0.4, 0.5) is 4.39 Å². The van der Waals surface area contributed by atoms with Crippen LogP contribution < -0.4 is 11.1 Å². The van der Waals surface area contributed by atoms with E-state index in [1.807, 2.05) is 6.08 Å². The van der Waals surface area contributed by atoms with Crippen LogP contribution in [-0.4, -0.2) is 26.2 Å². The van der Waals surface area contributed by atoms with E-state index >= 15 is 0 Å². The van der Waals surface area contributed by atoms with Crippen LogP contribution in [0, 0.1) is 16.7 Å². The van der Waals surface area contributed by atoms with Gasteiger partial charge < -0.3 is 11.1 Å². The zero-order chi connectivity index (χ0) is 21.4. The van der Waals surface area contributed by atoms with E-state index < -0.39 is 0 Å². The Balaban J connectivity index is 0.000000941. The van der Waals surface area contributed by atoms with Gasteiger partial charge in [0, 0.05) is 5.41 Å². The van der Waals surface area contributed by atoms with E-state index in [9.17, 15) is 4.39 Å². The summed E-state index contributed by atoms with van der Waals surface area (Å²) in [6, 6.07) is 10.8. The third-order valence-electron chi connectivity index (χ3n) is 6.99. The van der Waals surface area contributed by atoms with Crippen LogP contribution in [0.15, 0.2) is 43.0 Å². The van der Waals surface area contributed by atoms with Crippen molar-refractivity contribution in [1.29, 1.82) is 0 Å². The summed E-state index contributed by atoms with van der Waals surface area (Å²) in [4.78, 5) is 8.58. The minimum absolute atomic E-state index is 0.123. The molecule has 1 aromatic carbocycles. The first-order valence-electron chi connectivity index (χ1n) is 10.9. The van der Waals surface area contributed by atoms with Crippen molar-refractivity contribution in [3.8, 4) is 0 Å². The van der Waals surface area contributed by atoms with E-state index in [0.717, 1.165) is 45.2 Å². The van der Waals surface area contributed by atoms with E-state index in [1.54, 1.807) is 0 Å². The van der Waals surface area contributed by atoms with Crippen LogP contribution in [0.3, 0.4) is 0 Å². The molecule has 4 heteroatoms. The fraction of sp³-hybridized carbons (Fsp3) is 0.640. The maximum atomic E-state index is 14.4. The summed E-state index contributed by atoms with van der Waals surface area (Å²) in [6.07, 6.45) is 9.97. The Kier molecular flexibility index (Phi) is 8.45. The number of alkyl halides is 1. The number of halogens is 1. The average Bonchev–Trinajstić information content (AvgIpc) is 2.68. The highest BCUT2D eigenvalue weighted by Crippen LogP contribution is 2.61. The van der Waals surface area contributed by atoms with Crippen molar-refractivity contribution in [2.24, 2.45) is 22.5 Å². The molecular formula is C25H39FN2O. The second kappa shape index (κ2) is 10.4. The molecule has 1 amide bonds. The number of primary amides is 1. The van der Waals surface area contributed by atoms with Gasteiger partial charge in [0.05, 0.1) is 6.67 Å². The van der Waals surface area contributed by atoms with Crippen molar-refractivity contribution >= 4 is 6.41 Å². The summed E-state index contributed by atoms with van der Waals surface area (Å²) >= 11 is 0. The van der Waals surface area contributed by atoms with Crippen molar-refractivity contribution in [3.63, 3.8) is 0 Å². The van der Waals surface area contributed by atoms with Crippen molar-refractivity contribution in [1.82, 2.24) is 5.32 Å². The molecule has 0 radical (unpaired) electrons. The number of amides is 1. The maximum absolute atomic E-state index is 14.4. The van der Waals surface area contributed by atoms with Gasteiger partial charge in [-0.1, -0.05) is 50.3 Å². The Morgan fingerprint density at radius 3 is 2.48 bits per heavy atom. The summed E-state index contributed by atoms with van der Waals surface area (Å²) in [5.74, 6) is 0.650. The highest BCUT2D eigenvalue weighted by molar-refractivity contribution is 5.42. The van der Waals surface area contributed by atoms with Gasteiger partial charge >= 0.3 is 0 Å². The highest BCUT2D eigenvalue weighted by atomic mass is 19.1. The molecular weight excluding hydrogens is 363 g/mol. The summed E-state index contributed by atoms with van der Waals surface area (Å²) in [6.45, 7) is 10.4. The smallest absolute Gasteiger partial charge is 0.204 e. The third kappa shape index (κ3) is 6.15. The predicted molar refractivity (Wildman–Crippen MR) is 119 cm³/mol. The topological polar surface area (TPSA) is 55.1 Å². The van der Waals surface area contributed by atoms with E-state index in [4.69, 9.17) is 4.79 Å². The Labute approximate surface area is 176 Å². The molecule has 0 heterocycles. The number of hydrogen-bond acceptors (Lipinski definition) is 2. The molecule has 162 valence electrons. The normalized spacial score (nSPS) is 33.3. The molecule has 1 aromatic rings. The number of nitrogens with one attached hydrogen (secondary N) is 1. The number of nitrogens with two attached hydrogens (primary N) is 1. The molecule has 2 fully saturated rings. The maximum Gasteiger partial charge on any atom is 0.204 e.